The number of amides is 8. The number of phenols is 3. The quantitative estimate of drug-likeness (QED) is 0.0548. The van der Waals surface area contributed by atoms with E-state index in [1.165, 1.54) is 62.1 Å². The SMILES string of the molecule is Cc1ccc(-c2ccc(N3C(=O)c4ccc(C(c5ccc6c(c5)C(=O)N(c5ccc(-c7ccc(N8C(=O)c9ccc(C(c%10ccc%11c(c%10)C(=O)N(C)C%11=O)(C(F)(F)F)C(F)(F)F)cc9C8=O)c(OCc8ccc([Si]9%10O[Si]%11(C)O[Si]%12(C)O[Si]%13(C)O[Si](C)(O%11)O[Si](C)(O[Si](C)(O%13)O[Si](C)(O%12)O9)O%10)cc8)c7)cc5O)C6=O)(C(F)(F)F)C(F)(F)F)cc4C3=O)c(O)c2)cc1O. The molecule has 126 heavy (non-hydrogen) atoms. The van der Waals surface area contributed by atoms with Gasteiger partial charge >= 0.3 is 95.1 Å². The number of rotatable bonds is 13. The van der Waals surface area contributed by atoms with Gasteiger partial charge in [0.05, 0.1) is 61.6 Å². The summed E-state index contributed by atoms with van der Waals surface area (Å²) in [7, 11) is -32.3. The molecule has 3 N–H and O–H groups in total. The van der Waals surface area contributed by atoms with Gasteiger partial charge in [-0.05, 0) is 154 Å². The molecule has 0 aliphatic carbocycles. The summed E-state index contributed by atoms with van der Waals surface area (Å²) in [6.45, 7) is 11.9. The Morgan fingerprint density at radius 3 is 0.905 bits per heavy atom. The van der Waals surface area contributed by atoms with E-state index in [4.69, 9.17) is 54.1 Å². The Bertz CT molecular complexity index is 6270. The van der Waals surface area contributed by atoms with Crippen molar-refractivity contribution in [1.82, 2.24) is 4.90 Å². The van der Waals surface area contributed by atoms with Gasteiger partial charge in [-0.1, -0.05) is 78.9 Å². The van der Waals surface area contributed by atoms with Crippen LogP contribution in [0.5, 0.6) is 23.0 Å². The van der Waals surface area contributed by atoms with Crippen molar-refractivity contribution in [3.8, 4) is 45.3 Å². The third-order valence-electron chi connectivity index (χ3n) is 22.7. The second-order valence-corrected chi connectivity index (χ2v) is 55.0. The van der Waals surface area contributed by atoms with Gasteiger partial charge in [0.15, 0.2) is 0 Å². The number of phenolic OH excluding ortho intramolecular Hbond substituents is 3. The Balaban J connectivity index is 0.684. The zero-order chi connectivity index (χ0) is 90.6. The highest BCUT2D eigenvalue weighted by atomic mass is 28.6. The fourth-order valence-corrected chi connectivity index (χ4v) is 62.7. The summed E-state index contributed by atoms with van der Waals surface area (Å²) in [5, 5.41) is 33.6. The third-order valence-corrected chi connectivity index (χ3v) is 58.1. The molecule has 0 saturated carbocycles. The topological polar surface area (TPSA) is 330 Å². The number of hydrogen-bond donors (Lipinski definition) is 3. The molecular weight excluding hydrogens is 1830 g/mol. The first kappa shape index (κ1) is 85.9. The molecule has 8 bridgehead atoms. The van der Waals surface area contributed by atoms with Crippen LogP contribution in [0.1, 0.15) is 116 Å². The van der Waals surface area contributed by atoms with Crippen LogP contribution < -0.4 is 24.6 Å². The molecule has 9 aromatic rings. The van der Waals surface area contributed by atoms with Gasteiger partial charge in [-0.2, -0.15) is 52.7 Å². The summed E-state index contributed by atoms with van der Waals surface area (Å²) in [6, 6.07) is 24.6. The van der Waals surface area contributed by atoms with E-state index in [2.05, 4.69) is 0 Å². The second-order valence-electron chi connectivity index (χ2n) is 31.4. The number of anilines is 3. The normalized spacial score (nSPS) is 26.5. The Kier molecular flexibility index (Phi) is 19.0. The van der Waals surface area contributed by atoms with Crippen LogP contribution in [0.15, 0.2) is 170 Å². The van der Waals surface area contributed by atoms with Gasteiger partial charge in [-0.3, -0.25) is 43.3 Å². The number of fused-ring (bicyclic) bond motifs is 4. The van der Waals surface area contributed by atoms with Gasteiger partial charge in [0.1, 0.15) is 29.6 Å². The number of carbonyl (C=O) groups is 8. The number of imide groups is 4. The zero-order valence-electron chi connectivity index (χ0n) is 66.1. The summed E-state index contributed by atoms with van der Waals surface area (Å²) in [6.07, 6.45) is -25.5. The molecule has 6 saturated heterocycles. The predicted molar refractivity (Wildman–Crippen MR) is 425 cm³/mol. The molecule has 9 aromatic carbocycles. The maximum absolute atomic E-state index is 16.0. The predicted octanol–water partition coefficient (Wildman–Crippen LogP) is 13.9. The van der Waals surface area contributed by atoms with E-state index in [1.807, 2.05) is 0 Å². The monoisotopic (exact) mass is 1890 g/mol. The highest BCUT2D eigenvalue weighted by Gasteiger charge is 2.81. The maximum atomic E-state index is 16.0. The minimum absolute atomic E-state index is 0.0617. The van der Waals surface area contributed by atoms with E-state index < -0.39 is 261 Å². The lowest BCUT2D eigenvalue weighted by molar-refractivity contribution is -0.290. The third kappa shape index (κ3) is 13.1. The largest absolute Gasteiger partial charge is 0.515 e. The van der Waals surface area contributed by atoms with Crippen LogP contribution in [0.4, 0.5) is 69.7 Å². The molecule has 48 heteroatoms. The van der Waals surface area contributed by atoms with Gasteiger partial charge in [0.25, 0.3) is 47.3 Å². The lowest BCUT2D eigenvalue weighted by Gasteiger charge is -2.60. The van der Waals surface area contributed by atoms with Crippen molar-refractivity contribution in [3.63, 3.8) is 0 Å². The summed E-state index contributed by atoms with van der Waals surface area (Å²) in [5.74, 6) is -13.1. The first-order valence-corrected chi connectivity index (χ1v) is 55.0. The highest BCUT2D eigenvalue weighted by Crippen LogP contribution is 2.61. The lowest BCUT2D eigenvalue weighted by Crippen LogP contribution is -2.87. The van der Waals surface area contributed by atoms with Gasteiger partial charge < -0.3 is 69.4 Å². The molecule has 19 rings (SSSR count). The number of aryl methyl sites for hydroxylation is 1. The maximum Gasteiger partial charge on any atom is 0.515 e. The minimum atomic E-state index is -6.42. The van der Waals surface area contributed by atoms with Crippen LogP contribution in [0.3, 0.4) is 0 Å². The van der Waals surface area contributed by atoms with Crippen LogP contribution >= 0.6 is 0 Å². The van der Waals surface area contributed by atoms with Crippen LogP contribution in [0.2, 0.25) is 45.8 Å². The molecule has 8 amide bonds. The van der Waals surface area contributed by atoms with E-state index in [9.17, 15) is 48.9 Å². The molecule has 0 unspecified atom stereocenters. The van der Waals surface area contributed by atoms with Crippen molar-refractivity contribution in [1.29, 1.82) is 0 Å². The first-order chi connectivity index (χ1) is 58.6. The van der Waals surface area contributed by atoms with E-state index >= 15 is 57.5 Å². The number of aromatic hydroxyl groups is 3. The summed E-state index contributed by atoms with van der Waals surface area (Å²) >= 11 is 0. The summed E-state index contributed by atoms with van der Waals surface area (Å²) < 4.78 is 279. The first-order valence-electron chi connectivity index (χ1n) is 37.7. The van der Waals surface area contributed by atoms with Crippen LogP contribution in [0.25, 0.3) is 22.3 Å². The van der Waals surface area contributed by atoms with Gasteiger partial charge in [-0.15, -0.1) is 0 Å². The van der Waals surface area contributed by atoms with Gasteiger partial charge in [0, 0.05) is 58.1 Å². The Hall–Kier alpha value is -10.8. The zero-order valence-corrected chi connectivity index (χ0v) is 74.1. The molecule has 28 nitrogen and oxygen atoms in total. The molecule has 10 heterocycles. The number of ether oxygens (including phenoxy) is 1. The van der Waals surface area contributed by atoms with E-state index in [1.54, 1.807) is 45.2 Å². The van der Waals surface area contributed by atoms with Crippen molar-refractivity contribution in [2.24, 2.45) is 0 Å². The van der Waals surface area contributed by atoms with Gasteiger partial charge in [-0.25, -0.2) is 14.7 Å². The van der Waals surface area contributed by atoms with Crippen molar-refractivity contribution in [2.75, 3.05) is 21.7 Å². The molecule has 0 spiro atoms. The highest BCUT2D eigenvalue weighted by molar-refractivity contribution is 7.04. The fraction of sp³-hybridized carbons (Fsp3) is 0.205. The Morgan fingerprint density at radius 1 is 0.310 bits per heavy atom. The summed E-state index contributed by atoms with van der Waals surface area (Å²) in [4.78, 5) is 114. The van der Waals surface area contributed by atoms with E-state index in [-0.39, 0.29) is 68.4 Å². The van der Waals surface area contributed by atoms with Crippen LogP contribution in [-0.4, -0.2) is 170 Å². The number of carbonyl (C=O) groups excluding carboxylic acids is 8. The van der Waals surface area contributed by atoms with Gasteiger partial charge in [0.2, 0.25) is 10.8 Å². The number of halogens is 12. The summed E-state index contributed by atoms with van der Waals surface area (Å²) in [5.41, 5.74) is -24.0. The van der Waals surface area contributed by atoms with Crippen molar-refractivity contribution >= 4 is 140 Å². The second kappa shape index (κ2) is 27.8. The smallest absolute Gasteiger partial charge is 0.508 e. The number of hydrogen-bond acceptors (Lipinski definition) is 24. The Labute approximate surface area is 711 Å². The molecule has 0 aromatic heterocycles. The Morgan fingerprint density at radius 2 is 0.579 bits per heavy atom. The molecule has 6 fully saturated rings. The number of nitrogens with zero attached hydrogens (tertiary/aromatic N) is 4. The molecule has 0 radical (unpaired) electrons. The minimum Gasteiger partial charge on any atom is -0.508 e. The fourth-order valence-electron chi connectivity index (χ4n) is 17.6. The average molecular weight is 1890 g/mol. The molecule has 652 valence electrons. The number of benzene rings is 9. The van der Waals surface area contributed by atoms with Crippen LogP contribution in [0, 0.1) is 6.92 Å². The lowest BCUT2D eigenvalue weighted by atomic mass is 9.71. The van der Waals surface area contributed by atoms with E-state index in [0.29, 0.717) is 68.3 Å². The molecule has 10 aliphatic heterocycles. The number of alkyl halides is 12. The van der Waals surface area contributed by atoms with Crippen molar-refractivity contribution in [2.45, 2.75) is 94.9 Å². The standard InChI is InChI=1S/C78H60F12N4O24Si8/c1-39-10-13-41(30-61(39)95)42-14-27-58(62(96)31-42)92-67(100)51-24-18-46(35-55(51)70(92)103)74(77(85,86)87,78(88,89)90)47-19-25-52-56(36-47)71(104)93(68(52)101)59-28-15-43(32-63(59)97)44-16-29-60(94-69(102)53-26-20-48(37-57(53)72(94)105)73(75(79,80)81,76(82,83)84)45-17-23-50-54(34-45)66(99)91(2)65(50)98)64(33-44)106-38-40-11-21-49(22-12-40)126-116-123(7)110-120(4)107-119(3)108-121(5,112-123)114-125(9,118-126)115-122(6,109-119)113-124(8,111-120)117-126/h10-37,95-97H,38H2,1-9H3. The molecular formula is C78H60F12N4O24Si8. The average Bonchev–Trinajstić information content (AvgIpc) is 0.984. The van der Waals surface area contributed by atoms with Crippen molar-refractivity contribution in [3.05, 3.63) is 248 Å². The molecule has 10 aliphatic rings. The van der Waals surface area contributed by atoms with Crippen molar-refractivity contribution < 1.29 is 160 Å². The molecule has 0 atom stereocenters. The van der Waals surface area contributed by atoms with Crippen LogP contribution in [-0.2, 0) is 66.8 Å². The van der Waals surface area contributed by atoms with E-state index in [0.717, 1.165) is 49.5 Å².